The summed E-state index contributed by atoms with van der Waals surface area (Å²) >= 11 is 3.80. The van der Waals surface area contributed by atoms with Crippen LogP contribution in [0.3, 0.4) is 0 Å². The van der Waals surface area contributed by atoms with Crippen molar-refractivity contribution in [2.75, 3.05) is 16.4 Å². The van der Waals surface area contributed by atoms with E-state index in [2.05, 4.69) is 15.9 Å². The fourth-order valence-corrected chi connectivity index (χ4v) is 8.95. The number of hydrogen-bond donors (Lipinski definition) is 0. The van der Waals surface area contributed by atoms with Crippen LogP contribution in [0.1, 0.15) is 31.9 Å². The Labute approximate surface area is 240 Å². The molecule has 2 aromatic rings. The Balaban J connectivity index is 1.61. The lowest BCUT2D eigenvalue weighted by molar-refractivity contribution is -0.152. The number of carbonyl (C=O) groups is 5. The molecule has 2 aliphatic heterocycles. The maximum Gasteiger partial charge on any atom is 0.334 e. The highest BCUT2D eigenvalue weighted by Crippen LogP contribution is 2.72. The van der Waals surface area contributed by atoms with Gasteiger partial charge in [-0.1, -0.05) is 59.3 Å². The van der Waals surface area contributed by atoms with Gasteiger partial charge in [0.25, 0.3) is 0 Å². The Bertz CT molecular complexity index is 1490. The number of anilines is 2. The lowest BCUT2D eigenvalue weighted by Crippen LogP contribution is -2.67. The minimum absolute atomic E-state index is 0.0909. The number of allylic oxidation sites excluding steroid dienone is 1. The van der Waals surface area contributed by atoms with E-state index in [1.54, 1.807) is 45.0 Å². The van der Waals surface area contributed by atoms with Crippen LogP contribution in [-0.4, -0.2) is 40.5 Å². The van der Waals surface area contributed by atoms with E-state index < -0.39 is 63.0 Å². The number of para-hydroxylation sites is 2. The number of amides is 4. The second-order valence-electron chi connectivity index (χ2n) is 11.3. The van der Waals surface area contributed by atoms with E-state index in [0.717, 1.165) is 11.1 Å². The fourth-order valence-electron chi connectivity index (χ4n) is 7.83. The van der Waals surface area contributed by atoms with Crippen LogP contribution in [0.25, 0.3) is 0 Å². The predicted molar refractivity (Wildman–Crippen MR) is 150 cm³/mol. The third kappa shape index (κ3) is 2.99. The lowest BCUT2D eigenvalue weighted by atomic mass is 9.43. The number of rotatable bonds is 4. The fraction of sp³-hybridized carbons (Fsp3) is 0.387. The van der Waals surface area contributed by atoms with Crippen molar-refractivity contribution in [3.05, 3.63) is 70.8 Å². The van der Waals surface area contributed by atoms with Gasteiger partial charge in [0.05, 0.1) is 46.0 Å². The van der Waals surface area contributed by atoms with Gasteiger partial charge in [0, 0.05) is 11.0 Å². The topological polar surface area (TPSA) is 101 Å². The van der Waals surface area contributed by atoms with E-state index in [4.69, 9.17) is 4.74 Å². The molecule has 40 heavy (non-hydrogen) atoms. The van der Waals surface area contributed by atoms with Crippen molar-refractivity contribution in [3.8, 4) is 0 Å². The van der Waals surface area contributed by atoms with Crippen molar-refractivity contribution in [1.82, 2.24) is 0 Å². The van der Waals surface area contributed by atoms with E-state index in [9.17, 15) is 24.0 Å². The predicted octanol–water partition coefficient (Wildman–Crippen LogP) is 4.26. The molecule has 4 amide bonds. The number of benzene rings is 2. The van der Waals surface area contributed by atoms with Crippen LogP contribution >= 0.6 is 15.9 Å². The first-order chi connectivity index (χ1) is 18.9. The monoisotopic (exact) mass is 604 g/mol. The molecule has 0 N–H and O–H groups in total. The van der Waals surface area contributed by atoms with Gasteiger partial charge in [-0.05, 0) is 56.5 Å². The second-order valence-corrected chi connectivity index (χ2v) is 12.6. The van der Waals surface area contributed by atoms with Crippen molar-refractivity contribution in [1.29, 1.82) is 0 Å². The molecule has 3 fully saturated rings. The molecule has 2 aromatic carbocycles. The van der Waals surface area contributed by atoms with Crippen LogP contribution in [-0.2, 0) is 28.7 Å². The Hall–Kier alpha value is -3.59. The standard InChI is InChI=1S/C31H29BrN2O6/c1-6-40-29(39)20-17(4)31(32)23-21(25(35)33(27(23)37)18-13-9-7-11-15(18)2)30(20,5)22-24(31)28(38)34(26(22)36)19-14-10-8-12-16(19)3/h7-14,21-24H,6H2,1-5H3/t21-,22-,23-,24+,30?,31?/m1/s1. The molecule has 0 radical (unpaired) electrons. The zero-order valence-corrected chi connectivity index (χ0v) is 24.4. The maximum atomic E-state index is 14.4. The van der Waals surface area contributed by atoms with Crippen molar-refractivity contribution >= 4 is 56.9 Å². The number of hydrogen-bond acceptors (Lipinski definition) is 6. The first-order valence-corrected chi connectivity index (χ1v) is 14.2. The molecule has 2 heterocycles. The molecule has 2 bridgehead atoms. The normalized spacial score (nSPS) is 32.6. The van der Waals surface area contributed by atoms with Gasteiger partial charge in [0.15, 0.2) is 0 Å². The number of halogens is 1. The van der Waals surface area contributed by atoms with Gasteiger partial charge in [-0.15, -0.1) is 0 Å². The molecule has 8 nitrogen and oxygen atoms in total. The molecule has 5 aliphatic rings. The molecule has 0 aromatic heterocycles. The first kappa shape index (κ1) is 26.6. The number of carbonyl (C=O) groups excluding carboxylic acids is 5. The maximum absolute atomic E-state index is 14.4. The molecule has 206 valence electrons. The molecule has 0 spiro atoms. The highest BCUT2D eigenvalue weighted by Gasteiger charge is 2.81. The first-order valence-electron chi connectivity index (χ1n) is 13.4. The van der Waals surface area contributed by atoms with Gasteiger partial charge in [-0.3, -0.25) is 19.2 Å². The SMILES string of the molecule is CCOC(=O)C1=C(C)C2(Br)[C@@H]3C(=O)N(c4ccccc4C)C(=O)[C@@H]3C1(C)[C@H]1C(=O)N(c3ccccc3C)C(=O)[C@@H]12. The summed E-state index contributed by atoms with van der Waals surface area (Å²) in [6.45, 7) is 8.78. The second kappa shape index (κ2) is 8.70. The lowest BCUT2D eigenvalue weighted by Gasteiger charge is -2.59. The minimum Gasteiger partial charge on any atom is -0.463 e. The number of nitrogens with zero attached hydrogens (tertiary/aromatic N) is 2. The highest BCUT2D eigenvalue weighted by molar-refractivity contribution is 9.10. The minimum atomic E-state index is -1.46. The quantitative estimate of drug-likeness (QED) is 0.294. The van der Waals surface area contributed by atoms with E-state index in [1.807, 2.05) is 38.1 Å². The van der Waals surface area contributed by atoms with Crippen LogP contribution in [0.15, 0.2) is 59.7 Å². The van der Waals surface area contributed by atoms with E-state index in [1.165, 1.54) is 9.80 Å². The van der Waals surface area contributed by atoms with Gasteiger partial charge in [-0.2, -0.15) is 0 Å². The zero-order valence-electron chi connectivity index (χ0n) is 22.9. The molecule has 2 saturated heterocycles. The summed E-state index contributed by atoms with van der Waals surface area (Å²) < 4.78 is 4.01. The number of esters is 1. The summed E-state index contributed by atoms with van der Waals surface area (Å²) in [5.41, 5.74) is 1.55. The smallest absolute Gasteiger partial charge is 0.334 e. The Morgan fingerprint density at radius 1 is 0.775 bits per heavy atom. The number of aryl methyl sites for hydroxylation is 2. The van der Waals surface area contributed by atoms with Gasteiger partial charge in [-0.25, -0.2) is 14.6 Å². The van der Waals surface area contributed by atoms with Gasteiger partial charge >= 0.3 is 5.97 Å². The van der Waals surface area contributed by atoms with Crippen LogP contribution in [0.4, 0.5) is 11.4 Å². The van der Waals surface area contributed by atoms with Crippen molar-refractivity contribution in [3.63, 3.8) is 0 Å². The Morgan fingerprint density at radius 2 is 1.18 bits per heavy atom. The zero-order chi connectivity index (χ0) is 28.9. The summed E-state index contributed by atoms with van der Waals surface area (Å²) in [5.74, 6) is -6.65. The van der Waals surface area contributed by atoms with Gasteiger partial charge in [0.1, 0.15) is 0 Å². The van der Waals surface area contributed by atoms with Crippen LogP contribution in [0.2, 0.25) is 0 Å². The number of imide groups is 2. The van der Waals surface area contributed by atoms with Crippen LogP contribution in [0, 0.1) is 42.9 Å². The van der Waals surface area contributed by atoms with Gasteiger partial charge in [0.2, 0.25) is 23.6 Å². The Morgan fingerprint density at radius 3 is 1.57 bits per heavy atom. The van der Waals surface area contributed by atoms with Crippen LogP contribution in [0.5, 0.6) is 0 Å². The average Bonchev–Trinajstić information content (AvgIpc) is 3.34. The largest absolute Gasteiger partial charge is 0.463 e. The summed E-state index contributed by atoms with van der Waals surface area (Å²) in [7, 11) is 0. The molecule has 1 saturated carbocycles. The van der Waals surface area contributed by atoms with Crippen LogP contribution < -0.4 is 9.80 Å². The van der Waals surface area contributed by atoms with Crippen molar-refractivity contribution in [2.45, 2.75) is 38.9 Å². The highest BCUT2D eigenvalue weighted by atomic mass is 79.9. The van der Waals surface area contributed by atoms with E-state index in [0.29, 0.717) is 16.9 Å². The molecule has 7 rings (SSSR count). The molecule has 6 atom stereocenters. The summed E-state index contributed by atoms with van der Waals surface area (Å²) in [4.78, 5) is 73.2. The number of ether oxygens (including phenoxy) is 1. The van der Waals surface area contributed by atoms with E-state index in [-0.39, 0.29) is 12.2 Å². The summed E-state index contributed by atoms with van der Waals surface area (Å²) in [6, 6.07) is 14.2. The molecule has 9 heteroatoms. The number of alkyl halides is 1. The molecule has 3 aliphatic carbocycles. The van der Waals surface area contributed by atoms with E-state index >= 15 is 0 Å². The molecular formula is C31H29BrN2O6. The summed E-state index contributed by atoms with van der Waals surface area (Å²) in [6.07, 6.45) is 0. The third-order valence-electron chi connectivity index (χ3n) is 9.49. The molecular weight excluding hydrogens is 576 g/mol. The average molecular weight is 605 g/mol. The molecule has 2 unspecified atom stereocenters. The van der Waals surface area contributed by atoms with Crippen molar-refractivity contribution < 1.29 is 28.7 Å². The third-order valence-corrected chi connectivity index (χ3v) is 11.1. The Kier molecular flexibility index (Phi) is 5.79. The van der Waals surface area contributed by atoms with Gasteiger partial charge < -0.3 is 4.74 Å². The summed E-state index contributed by atoms with van der Waals surface area (Å²) in [5, 5.41) is 0. The van der Waals surface area contributed by atoms with Crippen molar-refractivity contribution in [2.24, 2.45) is 29.1 Å².